The lowest BCUT2D eigenvalue weighted by molar-refractivity contribution is -0.143. The first-order valence-electron chi connectivity index (χ1n) is 17.9. The summed E-state index contributed by atoms with van der Waals surface area (Å²) < 4.78 is 51.7. The second-order valence-corrected chi connectivity index (χ2v) is 14.0. The van der Waals surface area contributed by atoms with Crippen molar-refractivity contribution in [2.24, 2.45) is 0 Å². The molecule has 6 rings (SSSR count). The fourth-order valence-electron chi connectivity index (χ4n) is 7.03. The van der Waals surface area contributed by atoms with E-state index in [0.717, 1.165) is 47.2 Å². The molecular weight excluding hydrogens is 695 g/mol. The van der Waals surface area contributed by atoms with Crippen LogP contribution in [0.2, 0.25) is 5.02 Å². The van der Waals surface area contributed by atoms with Crippen molar-refractivity contribution < 1.29 is 37.0 Å². The van der Waals surface area contributed by atoms with Crippen LogP contribution in [0.15, 0.2) is 66.2 Å². The molecule has 2 atom stereocenters. The number of esters is 1. The number of hydrogen-bond acceptors (Lipinski definition) is 6. The van der Waals surface area contributed by atoms with Gasteiger partial charge in [0.2, 0.25) is 11.7 Å². The van der Waals surface area contributed by atoms with Crippen molar-refractivity contribution in [2.75, 3.05) is 26.3 Å². The van der Waals surface area contributed by atoms with E-state index in [1.165, 1.54) is 0 Å². The van der Waals surface area contributed by atoms with E-state index < -0.39 is 29.2 Å². The normalized spacial score (nSPS) is 18.3. The van der Waals surface area contributed by atoms with Gasteiger partial charge in [-0.25, -0.2) is 8.78 Å². The Morgan fingerprint density at radius 2 is 1.69 bits per heavy atom. The summed E-state index contributed by atoms with van der Waals surface area (Å²) in [6, 6.07) is 16.6. The van der Waals surface area contributed by atoms with Crippen molar-refractivity contribution in [1.82, 2.24) is 15.1 Å². The molecule has 8 nitrogen and oxygen atoms in total. The number of carbonyl (C=O) groups excluding carboxylic acids is 3. The second-order valence-electron chi connectivity index (χ2n) is 13.5. The Balaban J connectivity index is 1.21. The molecule has 3 aromatic carbocycles. The van der Waals surface area contributed by atoms with E-state index >= 15 is 0 Å². The monoisotopic (exact) mass is 737 g/mol. The first kappa shape index (κ1) is 37.4. The molecule has 2 amide bonds. The Kier molecular flexibility index (Phi) is 12.2. The van der Waals surface area contributed by atoms with E-state index in [-0.39, 0.29) is 49.3 Å². The van der Waals surface area contributed by atoms with Crippen LogP contribution in [0, 0.1) is 17.5 Å². The molecule has 1 N–H and O–H groups in total. The van der Waals surface area contributed by atoms with Gasteiger partial charge in [0, 0.05) is 55.2 Å². The van der Waals surface area contributed by atoms with Gasteiger partial charge >= 0.3 is 5.97 Å². The fourth-order valence-corrected chi connectivity index (χ4v) is 7.22. The van der Waals surface area contributed by atoms with Gasteiger partial charge in [0.05, 0.1) is 19.3 Å². The Bertz CT molecular complexity index is 1820. The van der Waals surface area contributed by atoms with E-state index in [1.54, 1.807) is 6.92 Å². The van der Waals surface area contributed by atoms with Crippen molar-refractivity contribution >= 4 is 35.0 Å². The molecule has 3 aliphatic rings. The van der Waals surface area contributed by atoms with Gasteiger partial charge in [0.25, 0.3) is 5.91 Å². The highest BCUT2D eigenvalue weighted by molar-refractivity contribution is 6.31. The van der Waals surface area contributed by atoms with Gasteiger partial charge in [0.1, 0.15) is 0 Å². The Morgan fingerprint density at radius 3 is 2.42 bits per heavy atom. The molecule has 1 saturated heterocycles. The zero-order chi connectivity index (χ0) is 36.8. The number of hydrogen-bond donors (Lipinski definition) is 1. The standard InChI is InChI=1S/C40H43ClF3N3O5/c1-2-51-36(49)11-5-10-35(48)46-23-28-21-30(26-14-12-25(13-15-26)7-6-20-52-39-33(43)19-18-32(42)38(39)44)37(34(24-46)45-28)40(50)47(29-16-17-29)22-27-8-3-4-9-31(27)41/h3-4,8-9,12-15,18-19,28-29,34,45H,2,5-7,10-11,16-17,20-24H2,1H3. The highest BCUT2D eigenvalue weighted by atomic mass is 35.5. The van der Waals surface area contributed by atoms with Crippen LogP contribution in [-0.2, 0) is 32.1 Å². The summed E-state index contributed by atoms with van der Waals surface area (Å²) >= 11 is 6.55. The van der Waals surface area contributed by atoms with Gasteiger partial charge < -0.3 is 24.6 Å². The van der Waals surface area contributed by atoms with Crippen LogP contribution in [0.4, 0.5) is 13.2 Å². The van der Waals surface area contributed by atoms with E-state index in [4.69, 9.17) is 21.1 Å². The maximum atomic E-state index is 14.7. The number of halogens is 4. The molecule has 0 spiro atoms. The number of rotatable bonds is 15. The number of fused-ring (bicyclic) bond motifs is 2. The van der Waals surface area contributed by atoms with Gasteiger partial charge in [-0.3, -0.25) is 14.4 Å². The van der Waals surface area contributed by atoms with Crippen molar-refractivity contribution in [3.05, 3.63) is 105 Å². The lowest BCUT2D eigenvalue weighted by Gasteiger charge is -2.45. The quantitative estimate of drug-likeness (QED) is 0.103. The maximum absolute atomic E-state index is 14.7. The lowest BCUT2D eigenvalue weighted by atomic mass is 9.82. The van der Waals surface area contributed by atoms with Gasteiger partial charge in [0.15, 0.2) is 17.4 Å². The zero-order valence-corrected chi connectivity index (χ0v) is 29.9. The number of piperazine rings is 1. The number of benzene rings is 3. The number of carbonyl (C=O) groups is 3. The van der Waals surface area contributed by atoms with Crippen LogP contribution in [-0.4, -0.2) is 72.0 Å². The maximum Gasteiger partial charge on any atom is 0.305 e. The number of nitrogens with one attached hydrogen (secondary N) is 1. The SMILES string of the molecule is CCOC(=O)CCCC(=O)N1CC2CC(c3ccc(CCCOc4c(F)ccc(F)c4F)cc3)=C(C(=O)N(Cc3ccccc3Cl)C3CC3)C(C1)N2. The first-order chi connectivity index (χ1) is 25.1. The van der Waals surface area contributed by atoms with Crippen molar-refractivity contribution in [3.8, 4) is 5.75 Å². The van der Waals surface area contributed by atoms with Gasteiger partial charge in [-0.1, -0.05) is 54.1 Å². The highest BCUT2D eigenvalue weighted by Crippen LogP contribution is 2.38. The van der Waals surface area contributed by atoms with Gasteiger partial charge in [-0.15, -0.1) is 0 Å². The average molecular weight is 738 g/mol. The van der Waals surface area contributed by atoms with Gasteiger partial charge in [-0.2, -0.15) is 4.39 Å². The summed E-state index contributed by atoms with van der Waals surface area (Å²) in [6.45, 7) is 3.23. The molecule has 3 aromatic rings. The lowest BCUT2D eigenvalue weighted by Crippen LogP contribution is -2.62. The van der Waals surface area contributed by atoms with Crippen LogP contribution < -0.4 is 10.1 Å². The zero-order valence-electron chi connectivity index (χ0n) is 29.1. The predicted molar refractivity (Wildman–Crippen MR) is 191 cm³/mol. The van der Waals surface area contributed by atoms with Crippen molar-refractivity contribution in [3.63, 3.8) is 0 Å². The molecule has 52 heavy (non-hydrogen) atoms. The summed E-state index contributed by atoms with van der Waals surface area (Å²) in [5.74, 6) is -4.64. The van der Waals surface area contributed by atoms with Crippen LogP contribution >= 0.6 is 11.6 Å². The average Bonchev–Trinajstić information content (AvgIpc) is 3.98. The van der Waals surface area contributed by atoms with Crippen molar-refractivity contribution in [2.45, 2.75) is 83.0 Å². The summed E-state index contributed by atoms with van der Waals surface area (Å²) in [4.78, 5) is 43.7. The van der Waals surface area contributed by atoms with Crippen LogP contribution in [0.25, 0.3) is 5.57 Å². The Morgan fingerprint density at radius 1 is 0.942 bits per heavy atom. The second kappa shape index (κ2) is 17.0. The van der Waals surface area contributed by atoms with Crippen LogP contribution in [0.3, 0.4) is 0 Å². The third-order valence-corrected chi connectivity index (χ3v) is 10.1. The predicted octanol–water partition coefficient (Wildman–Crippen LogP) is 7.02. The molecule has 0 aromatic heterocycles. The minimum atomic E-state index is -1.34. The summed E-state index contributed by atoms with van der Waals surface area (Å²) in [7, 11) is 0. The molecule has 276 valence electrons. The number of amides is 2. The molecule has 0 radical (unpaired) electrons. The number of ether oxygens (including phenoxy) is 2. The van der Waals surface area contributed by atoms with Gasteiger partial charge in [-0.05, 0) is 85.9 Å². The summed E-state index contributed by atoms with van der Waals surface area (Å²) in [5.41, 5.74) is 4.32. The van der Waals surface area contributed by atoms with E-state index in [9.17, 15) is 27.6 Å². The summed E-state index contributed by atoms with van der Waals surface area (Å²) in [6.07, 6.45) is 4.13. The van der Waals surface area contributed by atoms with E-state index in [0.29, 0.717) is 62.5 Å². The minimum Gasteiger partial charge on any atom is -0.488 e. The highest BCUT2D eigenvalue weighted by Gasteiger charge is 2.43. The van der Waals surface area contributed by atoms with E-state index in [1.807, 2.05) is 58.3 Å². The molecule has 2 bridgehead atoms. The van der Waals surface area contributed by atoms with E-state index in [2.05, 4.69) is 5.32 Å². The number of aryl methyl sites for hydroxylation is 1. The largest absolute Gasteiger partial charge is 0.488 e. The molecule has 1 aliphatic carbocycles. The first-order valence-corrected chi connectivity index (χ1v) is 18.3. The van der Waals surface area contributed by atoms with Crippen molar-refractivity contribution in [1.29, 1.82) is 0 Å². The minimum absolute atomic E-state index is 0.00163. The topological polar surface area (TPSA) is 88.2 Å². The summed E-state index contributed by atoms with van der Waals surface area (Å²) in [5, 5.41) is 4.23. The molecule has 2 fully saturated rings. The Hall–Kier alpha value is -4.35. The van der Waals surface area contributed by atoms with Crippen LogP contribution in [0.1, 0.15) is 68.6 Å². The fraction of sp³-hybridized carbons (Fsp3) is 0.425. The molecular formula is C40H43ClF3N3O5. The third kappa shape index (κ3) is 8.98. The molecule has 2 aliphatic heterocycles. The molecule has 12 heteroatoms. The Labute approximate surface area is 306 Å². The number of nitrogens with zero attached hydrogens (tertiary/aromatic N) is 2. The van der Waals surface area contributed by atoms with Crippen LogP contribution in [0.5, 0.6) is 5.75 Å². The molecule has 2 unspecified atom stereocenters. The molecule has 1 saturated carbocycles. The smallest absolute Gasteiger partial charge is 0.305 e. The molecule has 2 heterocycles. The third-order valence-electron chi connectivity index (χ3n) is 9.77.